The number of amides is 1. The first-order valence-corrected chi connectivity index (χ1v) is 6.73. The Morgan fingerprint density at radius 1 is 1.25 bits per heavy atom. The quantitative estimate of drug-likeness (QED) is 0.880. The highest BCUT2D eigenvalue weighted by atomic mass is 79.9. The lowest BCUT2D eigenvalue weighted by Crippen LogP contribution is -2.11. The van der Waals surface area contributed by atoms with Crippen molar-refractivity contribution >= 4 is 54.2 Å². The Bertz CT molecular complexity index is 510. The molecule has 0 aliphatic carbocycles. The number of carbonyl (C=O) groups excluding carboxylic acids is 1. The van der Waals surface area contributed by atoms with Gasteiger partial charge in [-0.1, -0.05) is 27.3 Å². The zero-order valence-electron chi connectivity index (χ0n) is 7.91. The number of carbonyl (C=O) groups is 1. The zero-order valence-corrected chi connectivity index (χ0v) is 11.9. The highest BCUT2D eigenvalue weighted by molar-refractivity contribution is 9.11. The summed E-state index contributed by atoms with van der Waals surface area (Å²) in [6.07, 6.45) is 1.65. The minimum atomic E-state index is -0.158. The summed E-state index contributed by atoms with van der Waals surface area (Å²) in [5.74, 6) is -0.158. The van der Waals surface area contributed by atoms with Crippen LogP contribution in [0.25, 0.3) is 0 Å². The Morgan fingerprint density at radius 3 is 2.50 bits per heavy atom. The Labute approximate surface area is 113 Å². The molecular formula is C10H6Br2N2OS. The molecule has 0 unspecified atom stereocenters. The Morgan fingerprint density at radius 2 is 1.94 bits per heavy atom. The molecule has 3 nitrogen and oxygen atoms in total. The monoisotopic (exact) mass is 360 g/mol. The van der Waals surface area contributed by atoms with Crippen molar-refractivity contribution in [1.82, 2.24) is 4.98 Å². The standard InChI is InChI=1S/C10H6Br2N2OS/c11-7-3-1-6(2-4-7)9(15)14-10-13-5-8(12)16-10/h1-5H,(H,13,14,15). The van der Waals surface area contributed by atoms with Crippen molar-refractivity contribution < 1.29 is 4.79 Å². The number of hydrogen-bond donors (Lipinski definition) is 1. The summed E-state index contributed by atoms with van der Waals surface area (Å²) >= 11 is 7.98. The summed E-state index contributed by atoms with van der Waals surface area (Å²) in [7, 11) is 0. The van der Waals surface area contributed by atoms with E-state index in [1.165, 1.54) is 11.3 Å². The smallest absolute Gasteiger partial charge is 0.257 e. The fourth-order valence-corrected chi connectivity index (χ4v) is 2.45. The molecule has 0 atom stereocenters. The van der Waals surface area contributed by atoms with E-state index in [2.05, 4.69) is 42.2 Å². The van der Waals surface area contributed by atoms with Crippen molar-refractivity contribution in [2.75, 3.05) is 5.32 Å². The molecule has 82 valence electrons. The summed E-state index contributed by atoms with van der Waals surface area (Å²) in [6.45, 7) is 0. The maximum Gasteiger partial charge on any atom is 0.257 e. The largest absolute Gasteiger partial charge is 0.298 e. The zero-order chi connectivity index (χ0) is 11.5. The van der Waals surface area contributed by atoms with Crippen LogP contribution in [0.1, 0.15) is 10.4 Å². The van der Waals surface area contributed by atoms with Crippen LogP contribution in [0.3, 0.4) is 0 Å². The van der Waals surface area contributed by atoms with Gasteiger partial charge in [-0.2, -0.15) is 0 Å². The van der Waals surface area contributed by atoms with Crippen LogP contribution < -0.4 is 5.32 Å². The van der Waals surface area contributed by atoms with Crippen LogP contribution in [0.15, 0.2) is 38.7 Å². The average molecular weight is 362 g/mol. The first-order chi connectivity index (χ1) is 7.65. The summed E-state index contributed by atoms with van der Waals surface area (Å²) in [4.78, 5) is 15.8. The van der Waals surface area contributed by atoms with E-state index in [0.29, 0.717) is 10.7 Å². The van der Waals surface area contributed by atoms with Gasteiger partial charge in [0.05, 0.1) is 9.98 Å². The molecule has 0 spiro atoms. The molecule has 0 aliphatic heterocycles. The number of anilines is 1. The predicted molar refractivity (Wildman–Crippen MR) is 71.9 cm³/mol. The van der Waals surface area contributed by atoms with Crippen LogP contribution in [0.5, 0.6) is 0 Å². The second-order valence-corrected chi connectivity index (χ2v) is 6.26. The molecule has 1 heterocycles. The van der Waals surface area contributed by atoms with Gasteiger partial charge in [0, 0.05) is 10.0 Å². The Kier molecular flexibility index (Phi) is 3.73. The molecule has 0 bridgehead atoms. The molecule has 16 heavy (non-hydrogen) atoms. The number of benzene rings is 1. The van der Waals surface area contributed by atoms with Gasteiger partial charge in [0.1, 0.15) is 0 Å². The molecular weight excluding hydrogens is 356 g/mol. The highest BCUT2D eigenvalue weighted by Crippen LogP contribution is 2.23. The number of nitrogens with zero attached hydrogens (tertiary/aromatic N) is 1. The first kappa shape index (κ1) is 11.8. The molecule has 1 aromatic carbocycles. The van der Waals surface area contributed by atoms with Gasteiger partial charge in [0.15, 0.2) is 5.13 Å². The van der Waals surface area contributed by atoms with E-state index >= 15 is 0 Å². The fourth-order valence-electron chi connectivity index (χ4n) is 1.08. The van der Waals surface area contributed by atoms with Crippen molar-refractivity contribution in [3.05, 3.63) is 44.3 Å². The molecule has 0 saturated carbocycles. The highest BCUT2D eigenvalue weighted by Gasteiger charge is 2.07. The maximum atomic E-state index is 11.8. The first-order valence-electron chi connectivity index (χ1n) is 4.33. The third-order valence-electron chi connectivity index (χ3n) is 1.80. The number of hydrogen-bond acceptors (Lipinski definition) is 3. The average Bonchev–Trinajstić information content (AvgIpc) is 2.65. The molecule has 6 heteroatoms. The van der Waals surface area contributed by atoms with E-state index in [1.54, 1.807) is 18.3 Å². The number of halogens is 2. The van der Waals surface area contributed by atoms with E-state index in [9.17, 15) is 4.79 Å². The summed E-state index contributed by atoms with van der Waals surface area (Å²) in [5, 5.41) is 3.30. The maximum absolute atomic E-state index is 11.8. The van der Waals surface area contributed by atoms with Gasteiger partial charge in [-0.05, 0) is 40.2 Å². The fraction of sp³-hybridized carbons (Fsp3) is 0. The van der Waals surface area contributed by atoms with Crippen molar-refractivity contribution in [2.24, 2.45) is 0 Å². The molecule has 0 aliphatic rings. The van der Waals surface area contributed by atoms with E-state index in [0.717, 1.165) is 8.26 Å². The van der Waals surface area contributed by atoms with Crippen LogP contribution in [-0.2, 0) is 0 Å². The summed E-state index contributed by atoms with van der Waals surface area (Å²) in [5.41, 5.74) is 0.606. The molecule has 2 aromatic rings. The van der Waals surface area contributed by atoms with Crippen molar-refractivity contribution in [3.63, 3.8) is 0 Å². The van der Waals surface area contributed by atoms with Gasteiger partial charge in [-0.25, -0.2) is 4.98 Å². The van der Waals surface area contributed by atoms with Gasteiger partial charge in [0.2, 0.25) is 0 Å². The molecule has 0 fully saturated rings. The van der Waals surface area contributed by atoms with Gasteiger partial charge in [0.25, 0.3) is 5.91 Å². The van der Waals surface area contributed by atoms with E-state index in [1.807, 2.05) is 12.1 Å². The van der Waals surface area contributed by atoms with Gasteiger partial charge < -0.3 is 0 Å². The molecule has 1 N–H and O–H groups in total. The van der Waals surface area contributed by atoms with Gasteiger partial charge in [-0.3, -0.25) is 10.1 Å². The molecule has 0 radical (unpaired) electrons. The molecule has 0 saturated heterocycles. The SMILES string of the molecule is O=C(Nc1ncc(Br)s1)c1ccc(Br)cc1. The van der Waals surface area contributed by atoms with Crippen LogP contribution >= 0.6 is 43.2 Å². The van der Waals surface area contributed by atoms with Crippen molar-refractivity contribution in [1.29, 1.82) is 0 Å². The van der Waals surface area contributed by atoms with Gasteiger partial charge >= 0.3 is 0 Å². The van der Waals surface area contributed by atoms with Crippen molar-refractivity contribution in [2.45, 2.75) is 0 Å². The molecule has 2 rings (SSSR count). The minimum absolute atomic E-state index is 0.158. The third kappa shape index (κ3) is 2.90. The van der Waals surface area contributed by atoms with E-state index in [4.69, 9.17) is 0 Å². The van der Waals surface area contributed by atoms with E-state index in [-0.39, 0.29) is 5.91 Å². The summed E-state index contributed by atoms with van der Waals surface area (Å²) < 4.78 is 1.83. The van der Waals surface area contributed by atoms with E-state index < -0.39 is 0 Å². The predicted octanol–water partition coefficient (Wildman–Crippen LogP) is 3.92. The number of aromatic nitrogens is 1. The molecule has 1 amide bonds. The normalized spacial score (nSPS) is 10.1. The second-order valence-electron chi connectivity index (χ2n) is 2.93. The van der Waals surface area contributed by atoms with Gasteiger partial charge in [-0.15, -0.1) is 0 Å². The minimum Gasteiger partial charge on any atom is -0.298 e. The Hall–Kier alpha value is -0.720. The van der Waals surface area contributed by atoms with Crippen molar-refractivity contribution in [3.8, 4) is 0 Å². The lowest BCUT2D eigenvalue weighted by molar-refractivity contribution is 0.102. The van der Waals surface area contributed by atoms with Crippen LogP contribution in [-0.4, -0.2) is 10.9 Å². The second kappa shape index (κ2) is 5.07. The third-order valence-corrected chi connectivity index (χ3v) is 3.72. The van der Waals surface area contributed by atoms with Crippen LogP contribution in [0, 0.1) is 0 Å². The number of rotatable bonds is 2. The number of nitrogens with one attached hydrogen (secondary N) is 1. The topological polar surface area (TPSA) is 42.0 Å². The summed E-state index contributed by atoms with van der Waals surface area (Å²) in [6, 6.07) is 7.16. The van der Waals surface area contributed by atoms with Crippen LogP contribution in [0.4, 0.5) is 5.13 Å². The van der Waals surface area contributed by atoms with Crippen LogP contribution in [0.2, 0.25) is 0 Å². The molecule has 1 aromatic heterocycles. The Balaban J connectivity index is 2.11. The number of thiazole rings is 1. The lowest BCUT2D eigenvalue weighted by Gasteiger charge is -2.01. The lowest BCUT2D eigenvalue weighted by atomic mass is 10.2.